The fraction of sp³-hybridized carbons (Fsp3) is 0.133. The third-order valence-corrected chi connectivity index (χ3v) is 4.47. The number of carboxylic acids is 1. The summed E-state index contributed by atoms with van der Waals surface area (Å²) in [4.78, 5) is 11.3. The van der Waals surface area contributed by atoms with Crippen LogP contribution in [0, 0.1) is 0 Å². The van der Waals surface area contributed by atoms with Crippen LogP contribution in [0.1, 0.15) is 16.2 Å². The van der Waals surface area contributed by atoms with Crippen LogP contribution in [0.4, 0.5) is 0 Å². The molecule has 0 saturated heterocycles. The minimum Gasteiger partial charge on any atom is -0.476 e. The number of aromatic carboxylic acids is 1. The Morgan fingerprint density at radius 2 is 2.12 bits per heavy atom. The van der Waals surface area contributed by atoms with Crippen molar-refractivity contribution in [1.82, 2.24) is 29.1 Å². The van der Waals surface area contributed by atoms with E-state index in [0.29, 0.717) is 17.8 Å². The molecule has 0 bridgehead atoms. The number of hydrogen-bond donors (Lipinski definition) is 1. The van der Waals surface area contributed by atoms with E-state index >= 15 is 0 Å². The number of rotatable bonds is 4. The first kappa shape index (κ1) is 14.5. The third-order valence-electron chi connectivity index (χ3n) is 3.61. The molecule has 1 N–H and O–H groups in total. The Bertz CT molecular complexity index is 1050. The third kappa shape index (κ3) is 2.44. The molecule has 9 heteroatoms. The maximum Gasteiger partial charge on any atom is 0.357 e. The van der Waals surface area contributed by atoms with Crippen molar-refractivity contribution in [2.24, 2.45) is 7.05 Å². The Kier molecular flexibility index (Phi) is 3.35. The molecular formula is C15H12N6O2S. The summed E-state index contributed by atoms with van der Waals surface area (Å²) in [5.74, 6) is -1.09. The van der Waals surface area contributed by atoms with Gasteiger partial charge in [0.05, 0.1) is 28.7 Å². The van der Waals surface area contributed by atoms with Crippen LogP contribution in [0.2, 0.25) is 0 Å². The molecule has 0 saturated carbocycles. The lowest BCUT2D eigenvalue weighted by molar-refractivity contribution is 0.0690. The maximum absolute atomic E-state index is 11.3. The number of aromatic nitrogens is 6. The Labute approximate surface area is 140 Å². The summed E-state index contributed by atoms with van der Waals surface area (Å²) in [6.07, 6.45) is 3.33. The van der Waals surface area contributed by atoms with Gasteiger partial charge in [-0.2, -0.15) is 9.47 Å². The summed E-state index contributed by atoms with van der Waals surface area (Å²) in [6.45, 7) is 0.472. The van der Waals surface area contributed by atoms with Crippen LogP contribution in [-0.2, 0) is 13.6 Å². The van der Waals surface area contributed by atoms with Gasteiger partial charge in [0.15, 0.2) is 5.69 Å². The number of nitrogens with zero attached hydrogens (tertiary/aromatic N) is 6. The molecule has 3 aromatic heterocycles. The number of carboxylic acid groups (broad SMARTS) is 1. The first-order chi connectivity index (χ1) is 11.6. The summed E-state index contributed by atoms with van der Waals surface area (Å²) in [5.41, 5.74) is 1.79. The molecule has 4 aromatic rings. The smallest absolute Gasteiger partial charge is 0.357 e. The summed E-state index contributed by atoms with van der Waals surface area (Å²) >= 11 is 1.44. The zero-order valence-corrected chi connectivity index (χ0v) is 13.4. The molecule has 0 fully saturated rings. The van der Waals surface area contributed by atoms with Crippen molar-refractivity contribution in [1.29, 1.82) is 0 Å². The lowest BCUT2D eigenvalue weighted by Gasteiger charge is -1.97. The molecule has 0 atom stereocenters. The largest absolute Gasteiger partial charge is 0.476 e. The van der Waals surface area contributed by atoms with Crippen molar-refractivity contribution in [2.45, 2.75) is 6.54 Å². The van der Waals surface area contributed by atoms with Crippen LogP contribution < -0.4 is 0 Å². The topological polar surface area (TPSA) is 98.7 Å². The molecule has 0 radical (unpaired) electrons. The van der Waals surface area contributed by atoms with Gasteiger partial charge in [0.1, 0.15) is 5.69 Å². The molecule has 4 rings (SSSR count). The first-order valence-corrected chi connectivity index (χ1v) is 7.90. The Morgan fingerprint density at radius 3 is 2.96 bits per heavy atom. The van der Waals surface area contributed by atoms with E-state index in [0.717, 1.165) is 15.8 Å². The number of aryl methyl sites for hydroxylation is 1. The molecule has 0 aliphatic rings. The normalized spacial score (nSPS) is 11.2. The molecule has 0 aliphatic carbocycles. The molecule has 24 heavy (non-hydrogen) atoms. The van der Waals surface area contributed by atoms with Gasteiger partial charge in [-0.1, -0.05) is 23.4 Å². The van der Waals surface area contributed by atoms with Gasteiger partial charge in [-0.05, 0) is 17.6 Å². The van der Waals surface area contributed by atoms with E-state index in [9.17, 15) is 9.90 Å². The monoisotopic (exact) mass is 340 g/mol. The van der Waals surface area contributed by atoms with Gasteiger partial charge in [0.25, 0.3) is 0 Å². The van der Waals surface area contributed by atoms with E-state index in [-0.39, 0.29) is 5.69 Å². The average Bonchev–Trinajstić information content (AvgIpc) is 3.27. The Balaban J connectivity index is 1.67. The van der Waals surface area contributed by atoms with Crippen LogP contribution in [0.5, 0.6) is 0 Å². The van der Waals surface area contributed by atoms with Crippen molar-refractivity contribution in [3.05, 3.63) is 48.0 Å². The molecule has 120 valence electrons. The van der Waals surface area contributed by atoms with Crippen molar-refractivity contribution in [3.63, 3.8) is 0 Å². The quantitative estimate of drug-likeness (QED) is 0.610. The van der Waals surface area contributed by atoms with Gasteiger partial charge in [-0.25, -0.2) is 9.48 Å². The highest BCUT2D eigenvalue weighted by atomic mass is 32.1. The minimum absolute atomic E-state index is 0.0383. The van der Waals surface area contributed by atoms with Crippen molar-refractivity contribution in [2.75, 3.05) is 0 Å². The van der Waals surface area contributed by atoms with Crippen LogP contribution in [-0.4, -0.2) is 40.2 Å². The van der Waals surface area contributed by atoms with E-state index < -0.39 is 5.97 Å². The highest BCUT2D eigenvalue weighted by Crippen LogP contribution is 2.24. The van der Waals surface area contributed by atoms with Gasteiger partial charge in [-0.15, -0.1) is 5.10 Å². The SMILES string of the molecule is Cn1cc(-c2cn(Cc3nsc4ccccc34)nn2)c(C(=O)O)n1. The molecule has 0 amide bonds. The summed E-state index contributed by atoms with van der Waals surface area (Å²) in [7, 11) is 1.67. The fourth-order valence-corrected chi connectivity index (χ4v) is 3.33. The zero-order chi connectivity index (χ0) is 16.7. The average molecular weight is 340 g/mol. The fourth-order valence-electron chi connectivity index (χ4n) is 2.54. The molecule has 8 nitrogen and oxygen atoms in total. The van der Waals surface area contributed by atoms with Gasteiger partial charge < -0.3 is 5.11 Å². The second-order valence-corrected chi connectivity index (χ2v) is 6.10. The van der Waals surface area contributed by atoms with Gasteiger partial charge in [0, 0.05) is 18.6 Å². The van der Waals surface area contributed by atoms with Crippen molar-refractivity contribution in [3.8, 4) is 11.3 Å². The predicted octanol–water partition coefficient (Wildman–Crippen LogP) is 2.03. The van der Waals surface area contributed by atoms with Crippen LogP contribution in [0.15, 0.2) is 36.7 Å². The molecule has 1 aromatic carbocycles. The lowest BCUT2D eigenvalue weighted by Crippen LogP contribution is -2.01. The van der Waals surface area contributed by atoms with E-state index in [1.165, 1.54) is 16.2 Å². The highest BCUT2D eigenvalue weighted by molar-refractivity contribution is 7.13. The molecule has 3 heterocycles. The standard InChI is InChI=1S/C15H12N6O2S/c1-20-6-10(14(17-20)15(22)23)11-7-21(19-16-11)8-12-9-4-2-3-5-13(9)24-18-12/h2-7H,8H2,1H3,(H,22,23). The summed E-state index contributed by atoms with van der Waals surface area (Å²) < 4.78 is 8.68. The van der Waals surface area contributed by atoms with E-state index in [1.807, 2.05) is 24.3 Å². The highest BCUT2D eigenvalue weighted by Gasteiger charge is 2.19. The zero-order valence-electron chi connectivity index (χ0n) is 12.6. The second-order valence-electron chi connectivity index (χ2n) is 5.30. The number of benzene rings is 1. The molecular weight excluding hydrogens is 328 g/mol. The molecule has 0 spiro atoms. The number of carbonyl (C=O) groups is 1. The number of hydrogen-bond acceptors (Lipinski definition) is 6. The van der Waals surface area contributed by atoms with Gasteiger partial charge >= 0.3 is 5.97 Å². The van der Waals surface area contributed by atoms with E-state index in [1.54, 1.807) is 24.1 Å². The maximum atomic E-state index is 11.3. The van der Waals surface area contributed by atoms with Gasteiger partial charge in [-0.3, -0.25) is 4.68 Å². The second kappa shape index (κ2) is 5.53. The lowest BCUT2D eigenvalue weighted by atomic mass is 10.2. The molecule has 0 unspecified atom stereocenters. The van der Waals surface area contributed by atoms with E-state index in [2.05, 4.69) is 19.8 Å². The van der Waals surface area contributed by atoms with Crippen molar-refractivity contribution < 1.29 is 9.90 Å². The van der Waals surface area contributed by atoms with Crippen LogP contribution in [0.3, 0.4) is 0 Å². The van der Waals surface area contributed by atoms with Crippen LogP contribution >= 0.6 is 11.5 Å². The number of fused-ring (bicyclic) bond motifs is 1. The summed E-state index contributed by atoms with van der Waals surface area (Å²) in [5, 5.41) is 22.4. The first-order valence-electron chi connectivity index (χ1n) is 7.12. The van der Waals surface area contributed by atoms with Crippen LogP contribution in [0.25, 0.3) is 21.3 Å². The predicted molar refractivity (Wildman–Crippen MR) is 87.9 cm³/mol. The van der Waals surface area contributed by atoms with Crippen molar-refractivity contribution >= 4 is 27.6 Å². The minimum atomic E-state index is -1.09. The Hall–Kier alpha value is -3.07. The van der Waals surface area contributed by atoms with E-state index in [4.69, 9.17) is 0 Å². The van der Waals surface area contributed by atoms with Gasteiger partial charge in [0.2, 0.25) is 0 Å². The summed E-state index contributed by atoms with van der Waals surface area (Å²) in [6, 6.07) is 8.00. The molecule has 0 aliphatic heterocycles. The Morgan fingerprint density at radius 1 is 1.29 bits per heavy atom.